The van der Waals surface area contributed by atoms with Crippen LogP contribution >= 0.6 is 0 Å². The molecular formula is C15H24N2O3. The van der Waals surface area contributed by atoms with Crippen LogP contribution in [0.4, 0.5) is 0 Å². The van der Waals surface area contributed by atoms with Crippen molar-refractivity contribution in [3.63, 3.8) is 0 Å². The Morgan fingerprint density at radius 1 is 1.70 bits per heavy atom. The van der Waals surface area contributed by atoms with E-state index in [0.29, 0.717) is 0 Å². The second-order valence-electron chi connectivity index (χ2n) is 6.16. The Kier molecular flexibility index (Phi) is 4.48. The van der Waals surface area contributed by atoms with Crippen molar-refractivity contribution in [2.75, 3.05) is 6.61 Å². The number of nitrogens with zero attached hydrogens (tertiary/aromatic N) is 1. The molecule has 1 amide bonds. The summed E-state index contributed by atoms with van der Waals surface area (Å²) in [5.74, 6) is 0.306. The van der Waals surface area contributed by atoms with Crippen molar-refractivity contribution in [1.82, 2.24) is 10.5 Å². The molecule has 112 valence electrons. The van der Waals surface area contributed by atoms with Crippen molar-refractivity contribution < 1.29 is 14.4 Å². The number of nitrogens with one attached hydrogen (secondary N) is 1. The van der Waals surface area contributed by atoms with Crippen molar-refractivity contribution >= 4 is 5.91 Å². The summed E-state index contributed by atoms with van der Waals surface area (Å²) in [6.07, 6.45) is 3.81. The second kappa shape index (κ2) is 5.95. The van der Waals surface area contributed by atoms with E-state index in [2.05, 4.69) is 24.3 Å². The Bertz CT molecular complexity index is 471. The van der Waals surface area contributed by atoms with Gasteiger partial charge in [0.15, 0.2) is 0 Å². The highest BCUT2D eigenvalue weighted by molar-refractivity contribution is 5.91. The lowest BCUT2D eigenvalue weighted by Gasteiger charge is -2.29. The van der Waals surface area contributed by atoms with E-state index in [0.717, 1.165) is 31.4 Å². The first kappa shape index (κ1) is 15.0. The minimum atomic E-state index is -0.237. The summed E-state index contributed by atoms with van der Waals surface area (Å²) in [7, 11) is 0. The first-order chi connectivity index (χ1) is 9.50. The second-order valence-corrected chi connectivity index (χ2v) is 6.16. The van der Waals surface area contributed by atoms with Gasteiger partial charge in [-0.2, -0.15) is 0 Å². The van der Waals surface area contributed by atoms with Gasteiger partial charge in [-0.05, 0) is 19.3 Å². The number of hydrogen-bond donors (Lipinski definition) is 2. The minimum Gasteiger partial charge on any atom is -0.396 e. The molecule has 3 unspecified atom stereocenters. The molecule has 1 aromatic heterocycles. The first-order valence-electron chi connectivity index (χ1n) is 7.38. The van der Waals surface area contributed by atoms with E-state index in [-0.39, 0.29) is 35.6 Å². The molecule has 0 bridgehead atoms. The quantitative estimate of drug-likeness (QED) is 0.868. The van der Waals surface area contributed by atoms with Gasteiger partial charge in [0.1, 0.15) is 0 Å². The maximum Gasteiger partial charge on any atom is 0.290 e. The van der Waals surface area contributed by atoms with Gasteiger partial charge in [-0.3, -0.25) is 4.79 Å². The van der Waals surface area contributed by atoms with Crippen molar-refractivity contribution in [1.29, 1.82) is 0 Å². The van der Waals surface area contributed by atoms with Crippen LogP contribution in [0.25, 0.3) is 0 Å². The standard InChI is InChI=1S/C15H24N2O3/c1-4-10(2)11-8-12(20-17-11)14(19)16-13-6-5-7-15(13,3)9-18/h8,10,13,18H,4-7,9H2,1-3H3,(H,16,19). The predicted octanol–water partition coefficient (Wildman–Crippen LogP) is 2.47. The molecule has 2 N–H and O–H groups in total. The molecule has 0 aromatic carbocycles. The van der Waals surface area contributed by atoms with E-state index < -0.39 is 0 Å². The minimum absolute atomic E-state index is 0.00264. The summed E-state index contributed by atoms with van der Waals surface area (Å²) in [5, 5.41) is 16.4. The molecule has 0 aliphatic heterocycles. The highest BCUT2D eigenvalue weighted by atomic mass is 16.5. The molecule has 1 aromatic rings. The SMILES string of the molecule is CCC(C)c1cc(C(=O)NC2CCCC2(C)CO)on1. The lowest BCUT2D eigenvalue weighted by atomic mass is 9.86. The summed E-state index contributed by atoms with van der Waals surface area (Å²) < 4.78 is 5.14. The molecule has 1 aliphatic carbocycles. The van der Waals surface area contributed by atoms with E-state index in [1.165, 1.54) is 0 Å². The van der Waals surface area contributed by atoms with Crippen LogP contribution in [0.3, 0.4) is 0 Å². The van der Waals surface area contributed by atoms with Gasteiger partial charge in [-0.1, -0.05) is 32.3 Å². The molecular weight excluding hydrogens is 256 g/mol. The van der Waals surface area contributed by atoms with Gasteiger partial charge < -0.3 is 14.9 Å². The van der Waals surface area contributed by atoms with Crippen LogP contribution in [0.1, 0.15) is 68.6 Å². The monoisotopic (exact) mass is 280 g/mol. The zero-order chi connectivity index (χ0) is 14.8. The van der Waals surface area contributed by atoms with Crippen molar-refractivity contribution in [3.8, 4) is 0 Å². The molecule has 5 nitrogen and oxygen atoms in total. The Hall–Kier alpha value is -1.36. The van der Waals surface area contributed by atoms with E-state index in [4.69, 9.17) is 4.52 Å². The third-order valence-corrected chi connectivity index (χ3v) is 4.62. The third-order valence-electron chi connectivity index (χ3n) is 4.62. The molecule has 0 saturated heterocycles. The predicted molar refractivity (Wildman–Crippen MR) is 75.5 cm³/mol. The summed E-state index contributed by atoms with van der Waals surface area (Å²) in [6, 6.07) is 1.71. The van der Waals surface area contributed by atoms with Crippen LogP contribution < -0.4 is 5.32 Å². The maximum atomic E-state index is 12.2. The van der Waals surface area contributed by atoms with Gasteiger partial charge in [0.25, 0.3) is 5.91 Å². The molecule has 1 saturated carbocycles. The van der Waals surface area contributed by atoms with Gasteiger partial charge >= 0.3 is 0 Å². The normalized spacial score (nSPS) is 27.5. The number of aliphatic hydroxyl groups is 1. The summed E-state index contributed by atoms with van der Waals surface area (Å²) in [5.41, 5.74) is 0.587. The zero-order valence-corrected chi connectivity index (χ0v) is 12.5. The number of carbonyl (C=O) groups is 1. The van der Waals surface area contributed by atoms with Gasteiger partial charge in [-0.15, -0.1) is 0 Å². The first-order valence-corrected chi connectivity index (χ1v) is 7.38. The van der Waals surface area contributed by atoms with Gasteiger partial charge in [0.2, 0.25) is 5.76 Å². The van der Waals surface area contributed by atoms with E-state index in [1.807, 2.05) is 6.92 Å². The lowest BCUT2D eigenvalue weighted by molar-refractivity contribution is 0.0797. The van der Waals surface area contributed by atoms with E-state index in [1.54, 1.807) is 6.07 Å². The zero-order valence-electron chi connectivity index (χ0n) is 12.5. The number of aliphatic hydroxyl groups excluding tert-OH is 1. The summed E-state index contributed by atoms with van der Waals surface area (Å²) >= 11 is 0. The number of carbonyl (C=O) groups excluding carboxylic acids is 1. The molecule has 0 spiro atoms. The average Bonchev–Trinajstić information content (AvgIpc) is 3.06. The molecule has 3 atom stereocenters. The van der Waals surface area contributed by atoms with Crippen LogP contribution in [0.5, 0.6) is 0 Å². The molecule has 2 rings (SSSR count). The summed E-state index contributed by atoms with van der Waals surface area (Å²) in [6.45, 7) is 6.23. The fourth-order valence-corrected chi connectivity index (χ4v) is 2.74. The Morgan fingerprint density at radius 3 is 3.10 bits per heavy atom. The maximum absolute atomic E-state index is 12.2. The third kappa shape index (κ3) is 2.87. The fraction of sp³-hybridized carbons (Fsp3) is 0.733. The lowest BCUT2D eigenvalue weighted by Crippen LogP contribution is -2.44. The van der Waals surface area contributed by atoms with Crippen molar-refractivity contribution in [3.05, 3.63) is 17.5 Å². The number of rotatable bonds is 5. The van der Waals surface area contributed by atoms with Crippen LogP contribution in [0.15, 0.2) is 10.6 Å². The van der Waals surface area contributed by atoms with E-state index in [9.17, 15) is 9.90 Å². The van der Waals surface area contributed by atoms with Gasteiger partial charge in [0.05, 0.1) is 12.3 Å². The summed E-state index contributed by atoms with van der Waals surface area (Å²) in [4.78, 5) is 12.2. The van der Waals surface area contributed by atoms with Gasteiger partial charge in [0, 0.05) is 23.4 Å². The molecule has 5 heteroatoms. The molecule has 1 fully saturated rings. The Morgan fingerprint density at radius 2 is 2.45 bits per heavy atom. The fourth-order valence-electron chi connectivity index (χ4n) is 2.74. The number of amides is 1. The largest absolute Gasteiger partial charge is 0.396 e. The Labute approximate surface area is 119 Å². The molecule has 20 heavy (non-hydrogen) atoms. The van der Waals surface area contributed by atoms with Crippen molar-refractivity contribution in [2.24, 2.45) is 5.41 Å². The topological polar surface area (TPSA) is 75.4 Å². The number of hydrogen-bond acceptors (Lipinski definition) is 4. The van der Waals surface area contributed by atoms with Crippen LogP contribution in [0.2, 0.25) is 0 Å². The highest BCUT2D eigenvalue weighted by Gasteiger charge is 2.39. The molecule has 1 heterocycles. The molecule has 1 aliphatic rings. The van der Waals surface area contributed by atoms with E-state index >= 15 is 0 Å². The highest BCUT2D eigenvalue weighted by Crippen LogP contribution is 2.37. The van der Waals surface area contributed by atoms with Crippen LogP contribution in [-0.2, 0) is 0 Å². The van der Waals surface area contributed by atoms with Crippen LogP contribution in [0, 0.1) is 5.41 Å². The number of aromatic nitrogens is 1. The van der Waals surface area contributed by atoms with Crippen molar-refractivity contribution in [2.45, 2.75) is 58.4 Å². The van der Waals surface area contributed by atoms with Gasteiger partial charge in [-0.25, -0.2) is 0 Å². The average molecular weight is 280 g/mol. The Balaban J connectivity index is 2.03. The molecule has 0 radical (unpaired) electrons. The smallest absolute Gasteiger partial charge is 0.290 e. The van der Waals surface area contributed by atoms with Crippen LogP contribution in [-0.4, -0.2) is 28.8 Å².